The van der Waals surface area contributed by atoms with E-state index in [1.165, 1.54) is 59.9 Å². The molecule has 0 fully saturated rings. The third-order valence-corrected chi connectivity index (χ3v) is 5.07. The van der Waals surface area contributed by atoms with Gasteiger partial charge in [-0.3, -0.25) is 10.1 Å². The maximum Gasteiger partial charge on any atom is 0.269 e. The summed E-state index contributed by atoms with van der Waals surface area (Å²) in [6, 6.07) is 11.0. The van der Waals surface area contributed by atoms with Crippen LogP contribution in [0.5, 0.6) is 0 Å². The van der Waals surface area contributed by atoms with Crippen LogP contribution in [0, 0.1) is 15.9 Å². The quantitative estimate of drug-likeness (QED) is 0.599. The minimum absolute atomic E-state index is 0.0918. The lowest BCUT2D eigenvalue weighted by atomic mass is 10.2. The Morgan fingerprint density at radius 1 is 1.04 bits per heavy atom. The zero-order chi connectivity index (χ0) is 17.0. The van der Waals surface area contributed by atoms with E-state index in [4.69, 9.17) is 0 Å². The van der Waals surface area contributed by atoms with Gasteiger partial charge in [-0.2, -0.15) is 0 Å². The zero-order valence-corrected chi connectivity index (χ0v) is 13.2. The van der Waals surface area contributed by atoms with E-state index in [2.05, 4.69) is 0 Å². The molecule has 0 radical (unpaired) electrons. The van der Waals surface area contributed by atoms with Crippen molar-refractivity contribution in [2.45, 2.75) is 12.3 Å². The third-order valence-electron chi connectivity index (χ3n) is 3.29. The second kappa shape index (κ2) is 6.84. The summed E-state index contributed by atoms with van der Waals surface area (Å²) in [4.78, 5) is 10.0. The summed E-state index contributed by atoms with van der Waals surface area (Å²) < 4.78 is 38.6. The lowest BCUT2D eigenvalue weighted by Gasteiger charge is -2.17. The molecule has 23 heavy (non-hydrogen) atoms. The molecule has 0 aliphatic heterocycles. The molecule has 122 valence electrons. The largest absolute Gasteiger partial charge is 0.269 e. The van der Waals surface area contributed by atoms with E-state index in [1.54, 1.807) is 0 Å². The van der Waals surface area contributed by atoms with Crippen LogP contribution in [0.25, 0.3) is 0 Å². The molecule has 2 rings (SSSR count). The van der Waals surface area contributed by atoms with Crippen molar-refractivity contribution in [3.8, 4) is 0 Å². The molecule has 0 spiro atoms. The van der Waals surface area contributed by atoms with Crippen LogP contribution in [0.4, 0.5) is 10.1 Å². The Hall–Kier alpha value is -2.32. The van der Waals surface area contributed by atoms with E-state index >= 15 is 0 Å². The number of hydrogen-bond donors (Lipinski definition) is 0. The van der Waals surface area contributed by atoms with Crippen molar-refractivity contribution in [1.82, 2.24) is 4.31 Å². The van der Waals surface area contributed by atoms with Gasteiger partial charge in [-0.05, 0) is 23.3 Å². The van der Waals surface area contributed by atoms with Crippen LogP contribution >= 0.6 is 0 Å². The Balaban J connectivity index is 2.08. The van der Waals surface area contributed by atoms with E-state index in [0.717, 1.165) is 0 Å². The topological polar surface area (TPSA) is 80.5 Å². The zero-order valence-electron chi connectivity index (χ0n) is 12.3. The molecule has 0 amide bonds. The van der Waals surface area contributed by atoms with Gasteiger partial charge < -0.3 is 0 Å². The van der Waals surface area contributed by atoms with Crippen LogP contribution in [0.3, 0.4) is 0 Å². The molecule has 0 unspecified atom stereocenters. The van der Waals surface area contributed by atoms with Gasteiger partial charge in [0.15, 0.2) is 0 Å². The maximum atomic E-state index is 12.9. The van der Waals surface area contributed by atoms with Gasteiger partial charge in [-0.15, -0.1) is 0 Å². The summed E-state index contributed by atoms with van der Waals surface area (Å²) in [6.45, 7) is 0.121. The van der Waals surface area contributed by atoms with Crippen molar-refractivity contribution >= 4 is 15.7 Å². The van der Waals surface area contributed by atoms with Crippen LogP contribution in [0.1, 0.15) is 11.1 Å². The number of non-ortho nitro benzene ring substituents is 1. The molecule has 0 aromatic heterocycles. The fraction of sp³-hybridized carbons (Fsp3) is 0.200. The van der Waals surface area contributed by atoms with E-state index in [9.17, 15) is 22.9 Å². The number of rotatable bonds is 6. The van der Waals surface area contributed by atoms with E-state index in [0.29, 0.717) is 11.1 Å². The molecule has 0 atom stereocenters. The minimum Gasteiger partial charge on any atom is -0.258 e. The van der Waals surface area contributed by atoms with Crippen LogP contribution < -0.4 is 0 Å². The molecule has 0 aliphatic rings. The fourth-order valence-electron chi connectivity index (χ4n) is 1.98. The van der Waals surface area contributed by atoms with E-state index in [-0.39, 0.29) is 23.8 Å². The monoisotopic (exact) mass is 338 g/mol. The van der Waals surface area contributed by atoms with Crippen LogP contribution in [0.15, 0.2) is 48.5 Å². The van der Waals surface area contributed by atoms with Crippen molar-refractivity contribution in [3.05, 3.63) is 75.6 Å². The third kappa shape index (κ3) is 4.57. The number of nitrogens with zero attached hydrogens (tertiary/aromatic N) is 2. The molecule has 2 aromatic rings. The van der Waals surface area contributed by atoms with Gasteiger partial charge in [0, 0.05) is 25.7 Å². The first-order valence-electron chi connectivity index (χ1n) is 6.70. The van der Waals surface area contributed by atoms with Gasteiger partial charge in [0.25, 0.3) is 5.69 Å². The van der Waals surface area contributed by atoms with Crippen LogP contribution in [0.2, 0.25) is 0 Å². The van der Waals surface area contributed by atoms with E-state index < -0.39 is 14.9 Å². The molecular formula is C15H15FN2O4S. The first-order valence-corrected chi connectivity index (χ1v) is 8.30. The summed E-state index contributed by atoms with van der Waals surface area (Å²) in [7, 11) is -2.15. The Morgan fingerprint density at radius 3 is 2.09 bits per heavy atom. The van der Waals surface area contributed by atoms with Gasteiger partial charge in [0.2, 0.25) is 10.0 Å². The van der Waals surface area contributed by atoms with Crippen molar-refractivity contribution in [1.29, 1.82) is 0 Å². The van der Waals surface area contributed by atoms with Crippen LogP contribution in [-0.2, 0) is 22.3 Å². The molecule has 2 aromatic carbocycles. The SMILES string of the molecule is CN(Cc1ccc(F)cc1)S(=O)(=O)Cc1ccc([N+](=O)[O-])cc1. The molecule has 0 N–H and O–H groups in total. The highest BCUT2D eigenvalue weighted by molar-refractivity contribution is 7.88. The molecule has 0 saturated heterocycles. The second-order valence-electron chi connectivity index (χ2n) is 5.06. The summed E-state index contributed by atoms with van der Waals surface area (Å²) >= 11 is 0. The number of nitro benzene ring substituents is 1. The Labute approximate surface area is 133 Å². The van der Waals surface area contributed by atoms with Gasteiger partial charge in [0.05, 0.1) is 10.7 Å². The van der Waals surface area contributed by atoms with Crippen LogP contribution in [-0.4, -0.2) is 24.7 Å². The number of halogens is 1. The van der Waals surface area contributed by atoms with Gasteiger partial charge >= 0.3 is 0 Å². The highest BCUT2D eigenvalue weighted by Gasteiger charge is 2.19. The predicted octanol–water partition coefficient (Wildman–Crippen LogP) is 2.70. The highest BCUT2D eigenvalue weighted by atomic mass is 32.2. The first kappa shape index (κ1) is 17.0. The minimum atomic E-state index is -3.59. The predicted molar refractivity (Wildman–Crippen MR) is 83.6 cm³/mol. The molecular weight excluding hydrogens is 323 g/mol. The molecule has 0 aliphatic carbocycles. The standard InChI is InChI=1S/C15H15FN2O4S/c1-17(10-12-2-6-14(16)7-3-12)23(21,22)11-13-4-8-15(9-5-13)18(19)20/h2-9H,10-11H2,1H3. The van der Waals surface area contributed by atoms with Gasteiger partial charge in [0.1, 0.15) is 5.82 Å². The smallest absolute Gasteiger partial charge is 0.258 e. The Kier molecular flexibility index (Phi) is 5.07. The van der Waals surface area contributed by atoms with Crippen molar-refractivity contribution in [2.75, 3.05) is 7.05 Å². The average Bonchev–Trinajstić information content (AvgIpc) is 2.49. The first-order chi connectivity index (χ1) is 10.8. The maximum absolute atomic E-state index is 12.9. The molecule has 0 heterocycles. The normalized spacial score (nSPS) is 11.6. The van der Waals surface area contributed by atoms with Crippen molar-refractivity contribution < 1.29 is 17.7 Å². The number of sulfonamides is 1. The Morgan fingerprint density at radius 2 is 1.57 bits per heavy atom. The van der Waals surface area contributed by atoms with Crippen molar-refractivity contribution in [3.63, 3.8) is 0 Å². The number of benzene rings is 2. The number of hydrogen-bond acceptors (Lipinski definition) is 4. The molecule has 0 bridgehead atoms. The molecule has 8 heteroatoms. The fourth-order valence-corrected chi connectivity index (χ4v) is 3.16. The molecule has 0 saturated carbocycles. The second-order valence-corrected chi connectivity index (χ2v) is 7.14. The van der Waals surface area contributed by atoms with Gasteiger partial charge in [-0.1, -0.05) is 24.3 Å². The van der Waals surface area contributed by atoms with E-state index in [1.807, 2.05) is 0 Å². The lowest BCUT2D eigenvalue weighted by Crippen LogP contribution is -2.27. The summed E-state index contributed by atoms with van der Waals surface area (Å²) in [5, 5.41) is 10.6. The van der Waals surface area contributed by atoms with Crippen molar-refractivity contribution in [2.24, 2.45) is 0 Å². The number of nitro groups is 1. The summed E-state index contributed by atoms with van der Waals surface area (Å²) in [5.41, 5.74) is 1.04. The summed E-state index contributed by atoms with van der Waals surface area (Å²) in [6.07, 6.45) is 0. The lowest BCUT2D eigenvalue weighted by molar-refractivity contribution is -0.384. The highest BCUT2D eigenvalue weighted by Crippen LogP contribution is 2.16. The van der Waals surface area contributed by atoms with Gasteiger partial charge in [-0.25, -0.2) is 17.1 Å². The average molecular weight is 338 g/mol. The Bertz CT molecular complexity index is 789. The molecule has 6 nitrogen and oxygen atoms in total. The summed E-state index contributed by atoms with van der Waals surface area (Å²) in [5.74, 6) is -0.645.